The molecule has 7 heteroatoms. The van der Waals surface area contributed by atoms with Crippen molar-refractivity contribution in [2.75, 3.05) is 13.2 Å². The molecule has 0 saturated carbocycles. The number of nitrogens with one attached hydrogen (secondary N) is 1. The molecule has 0 radical (unpaired) electrons. The summed E-state index contributed by atoms with van der Waals surface area (Å²) in [6.45, 7) is 4.88. The van der Waals surface area contributed by atoms with Gasteiger partial charge in [0.1, 0.15) is 16.5 Å². The average Bonchev–Trinajstić information content (AvgIpc) is 3.04. The molecule has 3 aromatic rings. The van der Waals surface area contributed by atoms with Gasteiger partial charge in [-0.1, -0.05) is 23.4 Å². The monoisotopic (exact) mass is 397 g/mol. The molecule has 0 aliphatic heterocycles. The Hall–Kier alpha value is -2.80. The molecule has 0 atom stereocenters. The lowest BCUT2D eigenvalue weighted by Crippen LogP contribution is -2.26. The van der Waals surface area contributed by atoms with Crippen LogP contribution in [0.1, 0.15) is 33.8 Å². The Balaban J connectivity index is 1.49. The van der Waals surface area contributed by atoms with E-state index in [0.29, 0.717) is 29.5 Å². The molecular formula is C21H23N3O3S. The first-order chi connectivity index (χ1) is 13.6. The minimum atomic E-state index is -0.130. The van der Waals surface area contributed by atoms with Gasteiger partial charge in [0.25, 0.3) is 5.91 Å². The Morgan fingerprint density at radius 1 is 1.18 bits per heavy atom. The van der Waals surface area contributed by atoms with Gasteiger partial charge < -0.3 is 14.6 Å². The molecule has 6 nitrogen and oxygen atoms in total. The lowest BCUT2D eigenvalue weighted by molar-refractivity contribution is 0.0948. The number of rotatable bonds is 9. The topological polar surface area (TPSA) is 77.2 Å². The zero-order valence-electron chi connectivity index (χ0n) is 16.0. The smallest absolute Gasteiger partial charge is 0.254 e. The van der Waals surface area contributed by atoms with Crippen LogP contribution in [-0.2, 0) is 5.75 Å². The van der Waals surface area contributed by atoms with E-state index in [1.54, 1.807) is 18.3 Å². The number of nitrogens with zero attached hydrogens (tertiary/aromatic N) is 2. The molecule has 0 spiro atoms. The molecule has 0 aliphatic carbocycles. The maximum absolute atomic E-state index is 12.6. The zero-order valence-corrected chi connectivity index (χ0v) is 16.8. The first-order valence-corrected chi connectivity index (χ1v) is 10.1. The summed E-state index contributed by atoms with van der Waals surface area (Å²) in [6, 6.07) is 13.2. The van der Waals surface area contributed by atoms with Crippen molar-refractivity contribution in [3.05, 3.63) is 71.2 Å². The van der Waals surface area contributed by atoms with Crippen molar-refractivity contribution in [3.63, 3.8) is 0 Å². The fourth-order valence-electron chi connectivity index (χ4n) is 2.60. The van der Waals surface area contributed by atoms with Crippen molar-refractivity contribution in [2.24, 2.45) is 0 Å². The van der Waals surface area contributed by atoms with Crippen LogP contribution in [0.4, 0.5) is 0 Å². The van der Waals surface area contributed by atoms with Crippen LogP contribution in [0.3, 0.4) is 0 Å². The maximum atomic E-state index is 12.6. The minimum Gasteiger partial charge on any atom is -0.494 e. The van der Waals surface area contributed by atoms with E-state index in [1.807, 2.05) is 44.2 Å². The molecular weight excluding hydrogens is 374 g/mol. The molecule has 1 amide bonds. The summed E-state index contributed by atoms with van der Waals surface area (Å²) in [5.41, 5.74) is 2.48. The number of aryl methyl sites for hydroxylation is 2. The van der Waals surface area contributed by atoms with Crippen LogP contribution in [-0.4, -0.2) is 29.2 Å². The quantitative estimate of drug-likeness (QED) is 0.431. The van der Waals surface area contributed by atoms with Gasteiger partial charge in [-0.05, 0) is 44.5 Å². The van der Waals surface area contributed by atoms with Crippen LogP contribution in [0.15, 0.2) is 58.2 Å². The Kier molecular flexibility index (Phi) is 7.08. The molecule has 3 rings (SSSR count). The number of hydrogen-bond acceptors (Lipinski definition) is 6. The highest BCUT2D eigenvalue weighted by Crippen LogP contribution is 2.27. The van der Waals surface area contributed by atoms with Gasteiger partial charge in [0, 0.05) is 24.1 Å². The largest absolute Gasteiger partial charge is 0.494 e. The fraction of sp³-hybridized carbons (Fsp3) is 0.286. The van der Waals surface area contributed by atoms with E-state index in [1.165, 1.54) is 11.8 Å². The summed E-state index contributed by atoms with van der Waals surface area (Å²) in [5.74, 6) is 2.15. The van der Waals surface area contributed by atoms with E-state index >= 15 is 0 Å². The van der Waals surface area contributed by atoms with Gasteiger partial charge in [0.15, 0.2) is 0 Å². The van der Waals surface area contributed by atoms with E-state index < -0.39 is 0 Å². The number of carbonyl (C=O) groups excluding carboxylic acids is 1. The van der Waals surface area contributed by atoms with Crippen molar-refractivity contribution < 1.29 is 14.1 Å². The van der Waals surface area contributed by atoms with E-state index in [0.717, 1.165) is 29.2 Å². The van der Waals surface area contributed by atoms with Gasteiger partial charge in [-0.3, -0.25) is 4.79 Å². The SMILES string of the molecule is Cc1noc(C)c1CSc1ncccc1C(=O)NCCCOc1ccccc1. The van der Waals surface area contributed by atoms with E-state index in [4.69, 9.17) is 9.26 Å². The van der Waals surface area contributed by atoms with E-state index in [9.17, 15) is 4.79 Å². The highest BCUT2D eigenvalue weighted by molar-refractivity contribution is 7.98. The standard InChI is InChI=1S/C21H23N3O3S/c1-15-19(16(2)27-24-15)14-28-21-18(10-6-11-23-21)20(25)22-12-7-13-26-17-8-4-3-5-9-17/h3-6,8-11H,7,12-14H2,1-2H3,(H,22,25). The Labute approximate surface area is 168 Å². The molecule has 0 unspecified atom stereocenters. The number of hydrogen-bond donors (Lipinski definition) is 1. The Morgan fingerprint density at radius 3 is 2.75 bits per heavy atom. The lowest BCUT2D eigenvalue weighted by atomic mass is 10.2. The second-order valence-electron chi connectivity index (χ2n) is 6.22. The number of ether oxygens (including phenoxy) is 1. The first kappa shape index (κ1) is 19.9. The summed E-state index contributed by atoms with van der Waals surface area (Å²) in [4.78, 5) is 16.9. The molecule has 0 bridgehead atoms. The molecule has 2 aromatic heterocycles. The Morgan fingerprint density at radius 2 is 2.00 bits per heavy atom. The second kappa shape index (κ2) is 9.94. The van der Waals surface area contributed by atoms with Crippen LogP contribution < -0.4 is 10.1 Å². The number of pyridine rings is 1. The molecule has 0 saturated heterocycles. The molecule has 146 valence electrons. The maximum Gasteiger partial charge on any atom is 0.254 e. The third kappa shape index (κ3) is 5.36. The van der Waals surface area contributed by atoms with Crippen LogP contribution in [0.5, 0.6) is 5.75 Å². The number of para-hydroxylation sites is 1. The third-order valence-corrected chi connectivity index (χ3v) is 5.20. The summed E-state index contributed by atoms with van der Waals surface area (Å²) in [6.07, 6.45) is 2.42. The number of benzene rings is 1. The number of aromatic nitrogens is 2. The summed E-state index contributed by atoms with van der Waals surface area (Å²) >= 11 is 1.51. The molecule has 28 heavy (non-hydrogen) atoms. The van der Waals surface area contributed by atoms with Crippen LogP contribution >= 0.6 is 11.8 Å². The lowest BCUT2D eigenvalue weighted by Gasteiger charge is -2.10. The fourth-order valence-corrected chi connectivity index (χ4v) is 3.75. The third-order valence-electron chi connectivity index (χ3n) is 4.17. The summed E-state index contributed by atoms with van der Waals surface area (Å²) < 4.78 is 10.8. The number of amides is 1. The molecule has 1 aromatic carbocycles. The van der Waals surface area contributed by atoms with E-state index in [2.05, 4.69) is 15.5 Å². The van der Waals surface area contributed by atoms with Crippen molar-refractivity contribution >= 4 is 17.7 Å². The second-order valence-corrected chi connectivity index (χ2v) is 7.18. The predicted octanol–water partition coefficient (Wildman–Crippen LogP) is 4.18. The Bertz CT molecular complexity index is 893. The van der Waals surface area contributed by atoms with Gasteiger partial charge >= 0.3 is 0 Å². The van der Waals surface area contributed by atoms with Crippen molar-refractivity contribution in [2.45, 2.75) is 31.0 Å². The van der Waals surface area contributed by atoms with Gasteiger partial charge in [0.05, 0.1) is 17.9 Å². The average molecular weight is 398 g/mol. The van der Waals surface area contributed by atoms with Crippen molar-refractivity contribution in [1.29, 1.82) is 0 Å². The zero-order chi connectivity index (χ0) is 19.8. The molecule has 0 fully saturated rings. The van der Waals surface area contributed by atoms with Crippen LogP contribution in [0.2, 0.25) is 0 Å². The minimum absolute atomic E-state index is 0.130. The van der Waals surface area contributed by atoms with Gasteiger partial charge in [-0.25, -0.2) is 4.98 Å². The van der Waals surface area contributed by atoms with Crippen molar-refractivity contribution in [1.82, 2.24) is 15.5 Å². The van der Waals surface area contributed by atoms with Gasteiger partial charge in [-0.2, -0.15) is 0 Å². The van der Waals surface area contributed by atoms with Gasteiger partial charge in [-0.15, -0.1) is 11.8 Å². The molecule has 1 N–H and O–H groups in total. The van der Waals surface area contributed by atoms with Crippen LogP contribution in [0, 0.1) is 13.8 Å². The van der Waals surface area contributed by atoms with Crippen LogP contribution in [0.25, 0.3) is 0 Å². The van der Waals surface area contributed by atoms with Gasteiger partial charge in [0.2, 0.25) is 0 Å². The van der Waals surface area contributed by atoms with E-state index in [-0.39, 0.29) is 5.91 Å². The first-order valence-electron chi connectivity index (χ1n) is 9.10. The summed E-state index contributed by atoms with van der Waals surface area (Å²) in [5, 5.41) is 7.60. The number of carbonyl (C=O) groups is 1. The normalized spacial score (nSPS) is 10.6. The molecule has 0 aliphatic rings. The van der Waals surface area contributed by atoms with Crippen molar-refractivity contribution in [3.8, 4) is 5.75 Å². The predicted molar refractivity (Wildman–Crippen MR) is 109 cm³/mol. The summed E-state index contributed by atoms with van der Waals surface area (Å²) in [7, 11) is 0. The highest BCUT2D eigenvalue weighted by Gasteiger charge is 2.15. The number of thioether (sulfide) groups is 1. The molecule has 2 heterocycles. The highest BCUT2D eigenvalue weighted by atomic mass is 32.2.